The summed E-state index contributed by atoms with van der Waals surface area (Å²) in [6, 6.07) is 3.76. The van der Waals surface area contributed by atoms with Gasteiger partial charge in [-0.1, -0.05) is 27.7 Å². The van der Waals surface area contributed by atoms with E-state index in [1.54, 1.807) is 0 Å². The number of hydrogen-bond acceptors (Lipinski definition) is 3. The highest BCUT2D eigenvalue weighted by Crippen LogP contribution is 2.64. The van der Waals surface area contributed by atoms with E-state index in [0.717, 1.165) is 6.07 Å². The van der Waals surface area contributed by atoms with Gasteiger partial charge >= 0.3 is 0 Å². The maximum Gasteiger partial charge on any atom is 0.295 e. The summed E-state index contributed by atoms with van der Waals surface area (Å²) in [5.74, 6) is -0.596. The maximum atomic E-state index is 13.0. The first-order chi connectivity index (χ1) is 8.18. The maximum absolute atomic E-state index is 13.0. The number of nitro benzene ring substituents is 1. The smallest absolute Gasteiger partial charge is 0.295 e. The van der Waals surface area contributed by atoms with E-state index in [9.17, 15) is 14.5 Å². The number of benzene rings is 1. The summed E-state index contributed by atoms with van der Waals surface area (Å²) in [6.07, 6.45) is 0. The lowest BCUT2D eigenvalue weighted by molar-refractivity contribution is -0.384. The Labute approximate surface area is 105 Å². The fourth-order valence-electron chi connectivity index (χ4n) is 2.49. The molecule has 0 amide bonds. The molecule has 98 valence electrons. The first-order valence-electron chi connectivity index (χ1n) is 5.88. The molecule has 1 fully saturated rings. The number of nitrogens with zero attached hydrogens (tertiary/aromatic N) is 1. The highest BCUT2D eigenvalue weighted by molar-refractivity contribution is 5.63. The van der Waals surface area contributed by atoms with Crippen molar-refractivity contribution in [3.63, 3.8) is 0 Å². The van der Waals surface area contributed by atoms with Gasteiger partial charge in [0.2, 0.25) is 0 Å². The van der Waals surface area contributed by atoms with Crippen molar-refractivity contribution in [3.8, 4) is 0 Å². The van der Waals surface area contributed by atoms with Gasteiger partial charge in [0.15, 0.2) is 0 Å². The van der Waals surface area contributed by atoms with Gasteiger partial charge in [-0.3, -0.25) is 10.1 Å². The zero-order valence-corrected chi connectivity index (χ0v) is 11.0. The summed E-state index contributed by atoms with van der Waals surface area (Å²) in [7, 11) is 0. The molecular weight excluding hydrogens is 235 g/mol. The Bertz CT molecular complexity index is 498. The Balaban J connectivity index is 2.29. The van der Waals surface area contributed by atoms with Gasteiger partial charge in [0, 0.05) is 6.04 Å². The first-order valence-corrected chi connectivity index (χ1v) is 5.88. The van der Waals surface area contributed by atoms with Crippen molar-refractivity contribution in [2.45, 2.75) is 33.7 Å². The molecule has 0 spiro atoms. The summed E-state index contributed by atoms with van der Waals surface area (Å²) in [5, 5.41) is 14.1. The second kappa shape index (κ2) is 3.67. The molecule has 1 aliphatic rings. The van der Waals surface area contributed by atoms with Crippen molar-refractivity contribution in [2.75, 3.05) is 5.32 Å². The van der Waals surface area contributed by atoms with Crippen LogP contribution in [0.3, 0.4) is 0 Å². The van der Waals surface area contributed by atoms with Crippen molar-refractivity contribution in [1.82, 2.24) is 0 Å². The Hall–Kier alpha value is -1.65. The van der Waals surface area contributed by atoms with Crippen LogP contribution in [0.15, 0.2) is 18.2 Å². The minimum atomic E-state index is -0.596. The number of anilines is 1. The van der Waals surface area contributed by atoms with Crippen LogP contribution in [0.2, 0.25) is 0 Å². The predicted molar refractivity (Wildman–Crippen MR) is 68.0 cm³/mol. The zero-order chi connectivity index (χ0) is 13.7. The minimum absolute atomic E-state index is 0.0647. The van der Waals surface area contributed by atoms with Gasteiger partial charge in [-0.15, -0.1) is 0 Å². The summed E-state index contributed by atoms with van der Waals surface area (Å²) in [4.78, 5) is 10.3. The molecule has 1 aromatic rings. The van der Waals surface area contributed by atoms with E-state index in [1.165, 1.54) is 12.1 Å². The zero-order valence-electron chi connectivity index (χ0n) is 11.0. The van der Waals surface area contributed by atoms with Crippen LogP contribution in [0.25, 0.3) is 0 Å². The average Bonchev–Trinajstić information content (AvgIpc) is 2.62. The van der Waals surface area contributed by atoms with E-state index < -0.39 is 10.7 Å². The molecule has 1 N–H and O–H groups in total. The number of hydrogen-bond donors (Lipinski definition) is 1. The third kappa shape index (κ3) is 1.74. The Kier molecular flexibility index (Phi) is 2.61. The molecule has 5 heteroatoms. The van der Waals surface area contributed by atoms with Crippen LogP contribution in [0.5, 0.6) is 0 Å². The number of rotatable bonds is 3. The van der Waals surface area contributed by atoms with Gasteiger partial charge < -0.3 is 5.32 Å². The molecule has 4 nitrogen and oxygen atoms in total. The Morgan fingerprint density at radius 2 is 1.83 bits per heavy atom. The molecule has 0 radical (unpaired) electrons. The lowest BCUT2D eigenvalue weighted by atomic mass is 10.0. The Morgan fingerprint density at radius 3 is 2.28 bits per heavy atom. The largest absolute Gasteiger partial charge is 0.376 e. The molecular formula is C13H17FN2O2. The lowest BCUT2D eigenvalue weighted by Gasteiger charge is -2.08. The van der Waals surface area contributed by atoms with Crippen molar-refractivity contribution < 1.29 is 9.31 Å². The first kappa shape index (κ1) is 12.8. The summed E-state index contributed by atoms with van der Waals surface area (Å²) in [5.41, 5.74) is 0.295. The summed E-state index contributed by atoms with van der Waals surface area (Å²) in [6.45, 7) is 8.44. The fraction of sp³-hybridized carbons (Fsp3) is 0.538. The van der Waals surface area contributed by atoms with E-state index in [0.29, 0.717) is 5.69 Å². The molecule has 0 bridgehead atoms. The highest BCUT2D eigenvalue weighted by atomic mass is 19.1. The number of halogens is 1. The molecule has 1 aliphatic carbocycles. The molecule has 0 aliphatic heterocycles. The van der Waals surface area contributed by atoms with Crippen LogP contribution in [0.1, 0.15) is 27.7 Å². The van der Waals surface area contributed by atoms with Crippen LogP contribution in [-0.2, 0) is 0 Å². The van der Waals surface area contributed by atoms with Crippen LogP contribution in [0, 0.1) is 26.8 Å². The standard InChI is InChI=1S/C13H17FN2O2/c1-12(2)11(13(12,3)4)15-9-6-5-8(14)7-10(9)16(17)18/h5-7,11,15H,1-4H3. The van der Waals surface area contributed by atoms with Crippen LogP contribution >= 0.6 is 0 Å². The van der Waals surface area contributed by atoms with Gasteiger partial charge in [0.1, 0.15) is 11.5 Å². The Morgan fingerprint density at radius 1 is 1.28 bits per heavy atom. The van der Waals surface area contributed by atoms with Crippen LogP contribution in [0.4, 0.5) is 15.8 Å². The van der Waals surface area contributed by atoms with Crippen molar-refractivity contribution in [3.05, 3.63) is 34.1 Å². The van der Waals surface area contributed by atoms with Crippen LogP contribution < -0.4 is 5.32 Å². The molecule has 2 rings (SSSR count). The normalized spacial score (nSPS) is 20.5. The van der Waals surface area contributed by atoms with E-state index >= 15 is 0 Å². The van der Waals surface area contributed by atoms with E-state index in [2.05, 4.69) is 33.0 Å². The van der Waals surface area contributed by atoms with Crippen LogP contribution in [-0.4, -0.2) is 11.0 Å². The van der Waals surface area contributed by atoms with E-state index in [4.69, 9.17) is 0 Å². The predicted octanol–water partition coefficient (Wildman–Crippen LogP) is 3.58. The number of nitro groups is 1. The van der Waals surface area contributed by atoms with Crippen molar-refractivity contribution in [1.29, 1.82) is 0 Å². The second-order valence-corrected chi connectivity index (χ2v) is 5.94. The lowest BCUT2D eigenvalue weighted by Crippen LogP contribution is -2.11. The van der Waals surface area contributed by atoms with Gasteiger partial charge in [0.05, 0.1) is 11.0 Å². The van der Waals surface area contributed by atoms with E-state index in [1.807, 2.05) is 0 Å². The summed E-state index contributed by atoms with van der Waals surface area (Å²) >= 11 is 0. The number of nitrogens with one attached hydrogen (secondary N) is 1. The molecule has 1 saturated carbocycles. The topological polar surface area (TPSA) is 55.2 Å². The van der Waals surface area contributed by atoms with Gasteiger partial charge in [0.25, 0.3) is 5.69 Å². The molecule has 0 unspecified atom stereocenters. The molecule has 1 aromatic carbocycles. The van der Waals surface area contributed by atoms with E-state index in [-0.39, 0.29) is 22.6 Å². The summed E-state index contributed by atoms with van der Waals surface area (Å²) < 4.78 is 13.0. The molecule has 18 heavy (non-hydrogen) atoms. The van der Waals surface area contributed by atoms with Gasteiger partial charge in [-0.05, 0) is 23.0 Å². The van der Waals surface area contributed by atoms with Crippen molar-refractivity contribution >= 4 is 11.4 Å². The molecule has 0 aromatic heterocycles. The second-order valence-electron chi connectivity index (χ2n) is 5.94. The molecule has 0 heterocycles. The van der Waals surface area contributed by atoms with Gasteiger partial charge in [-0.2, -0.15) is 0 Å². The fourth-order valence-corrected chi connectivity index (χ4v) is 2.49. The third-order valence-electron chi connectivity index (χ3n) is 4.48. The quantitative estimate of drug-likeness (QED) is 0.660. The highest BCUT2D eigenvalue weighted by Gasteiger charge is 2.65. The molecule has 0 atom stereocenters. The SMILES string of the molecule is CC1(C)C(Nc2ccc(F)cc2[N+](=O)[O-])C1(C)C. The van der Waals surface area contributed by atoms with Crippen molar-refractivity contribution in [2.24, 2.45) is 10.8 Å². The minimum Gasteiger partial charge on any atom is -0.376 e. The average molecular weight is 252 g/mol. The third-order valence-corrected chi connectivity index (χ3v) is 4.48. The monoisotopic (exact) mass is 252 g/mol. The molecule has 0 saturated heterocycles. The van der Waals surface area contributed by atoms with Gasteiger partial charge in [-0.25, -0.2) is 4.39 Å².